The molecule has 0 aromatic carbocycles. The monoisotopic (exact) mass is 1240 g/mol. The van der Waals surface area contributed by atoms with Crippen LogP contribution in [0.1, 0.15) is 109 Å². The molecule has 12 N–H and O–H groups in total. The molecule has 8 heterocycles. The first-order chi connectivity index (χ1) is 42.3. The van der Waals surface area contributed by atoms with Gasteiger partial charge in [-0.1, -0.05) is 0 Å². The number of carbonyl (C=O) groups is 10. The fourth-order valence-corrected chi connectivity index (χ4v) is 10.1. The zero-order valence-electron chi connectivity index (χ0n) is 50.4. The Labute approximate surface area is 514 Å². The van der Waals surface area contributed by atoms with Crippen molar-refractivity contribution in [3.8, 4) is 0 Å². The quantitative estimate of drug-likeness (QED) is 0.0343. The zero-order chi connectivity index (χ0) is 64.4. The largest absolute Gasteiger partial charge is 0.397 e. The van der Waals surface area contributed by atoms with E-state index in [1.807, 2.05) is 19.0 Å². The molecule has 89 heavy (non-hydrogen) atoms. The fourth-order valence-electron chi connectivity index (χ4n) is 9.39. The smallest absolute Gasteiger partial charge is 0.291 e. The molecular weight excluding hydrogens is 1170 g/mol. The molecule has 0 spiro atoms. The molecule has 0 radical (unpaired) electrons. The van der Waals surface area contributed by atoms with Crippen LogP contribution in [0.5, 0.6) is 0 Å². The summed E-state index contributed by atoms with van der Waals surface area (Å²) in [5.41, 5.74) is 9.53. The van der Waals surface area contributed by atoms with Crippen LogP contribution in [0.3, 0.4) is 0 Å². The second kappa shape index (κ2) is 28.0. The van der Waals surface area contributed by atoms with Gasteiger partial charge >= 0.3 is 0 Å². The van der Waals surface area contributed by atoms with Crippen molar-refractivity contribution >= 4 is 116 Å². The molecule has 10 amide bonds. The van der Waals surface area contributed by atoms with E-state index in [1.54, 1.807) is 101 Å². The predicted molar refractivity (Wildman–Crippen MR) is 335 cm³/mol. The van der Waals surface area contributed by atoms with Gasteiger partial charge in [0, 0.05) is 125 Å². The summed E-state index contributed by atoms with van der Waals surface area (Å²) in [6.45, 7) is 1.64. The van der Waals surface area contributed by atoms with E-state index in [4.69, 9.17) is 5.73 Å². The van der Waals surface area contributed by atoms with Crippen molar-refractivity contribution in [3.63, 3.8) is 0 Å². The van der Waals surface area contributed by atoms with Crippen molar-refractivity contribution in [1.82, 2.24) is 57.8 Å². The lowest BCUT2D eigenvalue weighted by Crippen LogP contribution is -2.32. The number of carbonyl (C=O) groups excluding carboxylic acids is 10. The highest BCUT2D eigenvalue weighted by atomic mass is 32.1. The van der Waals surface area contributed by atoms with E-state index in [0.717, 1.165) is 13.0 Å². The summed E-state index contributed by atoms with van der Waals surface area (Å²) >= 11 is 1.20. The molecule has 8 rings (SSSR count). The SMILES string of the molecule is CN(C)CCCNC(=O)CCNC(=O)c1cc(NC(=O)c2cc(NC(=O)c3cc(NC(=O)c4nc(NC(=O)CCCNC(=O)c5cc(NC(=O)c6cc(NC(=O)c7cc(NC(=O)c8sccc8N)cn7C)cn6C)cn5C)cn4C)cn3C)cn2C)cn1C. The van der Waals surface area contributed by atoms with E-state index < -0.39 is 53.2 Å². The molecule has 8 aromatic heterocycles. The van der Waals surface area contributed by atoms with E-state index >= 15 is 0 Å². The van der Waals surface area contributed by atoms with Gasteiger partial charge in [-0.25, -0.2) is 4.98 Å². The summed E-state index contributed by atoms with van der Waals surface area (Å²) in [6.07, 6.45) is 12.0. The first-order valence-electron chi connectivity index (χ1n) is 27.8. The molecule has 8 aromatic rings. The van der Waals surface area contributed by atoms with Crippen LogP contribution in [0.4, 0.5) is 45.6 Å². The highest BCUT2D eigenvalue weighted by Crippen LogP contribution is 2.25. The minimum Gasteiger partial charge on any atom is -0.397 e. The summed E-state index contributed by atoms with van der Waals surface area (Å²) in [5.74, 6) is -4.48. The molecule has 468 valence electrons. The second-order valence-corrected chi connectivity index (χ2v) is 22.2. The Kier molecular flexibility index (Phi) is 20.2. The third-order valence-electron chi connectivity index (χ3n) is 13.8. The number of amides is 10. The molecule has 31 heteroatoms. The van der Waals surface area contributed by atoms with E-state index in [2.05, 4.69) is 58.2 Å². The summed E-state index contributed by atoms with van der Waals surface area (Å²) in [5, 5.41) is 29.3. The maximum absolute atomic E-state index is 13.5. The Balaban J connectivity index is 0.747. The van der Waals surface area contributed by atoms with Crippen LogP contribution in [-0.4, -0.2) is 141 Å². The normalized spacial score (nSPS) is 11.0. The van der Waals surface area contributed by atoms with Crippen LogP contribution >= 0.6 is 11.3 Å². The number of aryl methyl sites for hydroxylation is 7. The van der Waals surface area contributed by atoms with Crippen LogP contribution in [0.25, 0.3) is 0 Å². The van der Waals surface area contributed by atoms with Crippen molar-refractivity contribution in [1.29, 1.82) is 0 Å². The number of aromatic nitrogens is 8. The molecule has 0 atom stereocenters. The van der Waals surface area contributed by atoms with Gasteiger partial charge in [0.1, 0.15) is 39.0 Å². The summed E-state index contributed by atoms with van der Waals surface area (Å²) < 4.78 is 10.6. The maximum Gasteiger partial charge on any atom is 0.291 e. The number of hydrogen-bond acceptors (Lipinski definition) is 14. The highest BCUT2D eigenvalue weighted by molar-refractivity contribution is 7.12. The topological polar surface area (TPSA) is 368 Å². The zero-order valence-corrected chi connectivity index (χ0v) is 51.2. The summed E-state index contributed by atoms with van der Waals surface area (Å²) in [7, 11) is 15.3. The molecule has 30 nitrogen and oxygen atoms in total. The van der Waals surface area contributed by atoms with E-state index in [-0.39, 0.29) is 89.8 Å². The molecule has 0 bridgehead atoms. The Bertz CT molecular complexity index is 4030. The van der Waals surface area contributed by atoms with Crippen molar-refractivity contribution < 1.29 is 47.9 Å². The average molecular weight is 1240 g/mol. The highest BCUT2D eigenvalue weighted by Gasteiger charge is 2.24. The third-order valence-corrected chi connectivity index (χ3v) is 14.8. The van der Waals surface area contributed by atoms with Gasteiger partial charge in [0.2, 0.25) is 17.6 Å². The first kappa shape index (κ1) is 64.1. The second-order valence-electron chi connectivity index (χ2n) is 21.3. The van der Waals surface area contributed by atoms with Crippen LogP contribution in [0, 0.1) is 0 Å². The summed E-state index contributed by atoms with van der Waals surface area (Å²) in [6, 6.07) is 10.6. The molecule has 0 saturated heterocycles. The number of nitrogens with zero attached hydrogens (tertiary/aromatic N) is 9. The molecule has 0 aliphatic carbocycles. The fraction of sp³-hybridized carbons (Fsp3) is 0.293. The number of nitrogens with one attached hydrogen (secondary N) is 10. The standard InChI is InChI=1S/C58H70N20O10S/c1-71(2)18-11-16-60-47(79)13-17-62-52(82)41-21-34(27-73(41)4)64-54(84)43-23-36(29-75(43)6)66-56(86)45-25-38(31-77(45)8)68-58(88)50-70-46(32-78(50)9)69-48(80)12-10-15-61-51(81)40-20-33(26-72(40)3)63-53(83)42-22-35(28-74(42)5)65-55(85)44-24-37(30-76(44)7)67-57(87)49-39(59)14-19-89-49/h14,19-32H,10-13,15-18,59H2,1-9H3,(H,60,79)(H,61,81)(H,62,82)(H,63,83)(H,64,84)(H,65,85)(H,66,86)(H,67,87)(H,68,88)(H,69,80). The predicted octanol–water partition coefficient (Wildman–Crippen LogP) is 3.95. The average Bonchev–Trinajstić information content (AvgIpc) is 2.77. The maximum atomic E-state index is 13.5. The first-order valence-corrected chi connectivity index (χ1v) is 28.7. The van der Waals surface area contributed by atoms with Gasteiger partial charge < -0.3 is 95.8 Å². The van der Waals surface area contributed by atoms with Crippen molar-refractivity contribution in [3.05, 3.63) is 136 Å². The Morgan fingerprint density at radius 3 is 1.19 bits per heavy atom. The number of anilines is 8. The van der Waals surface area contributed by atoms with E-state index in [0.29, 0.717) is 45.5 Å². The van der Waals surface area contributed by atoms with Crippen LogP contribution in [-0.2, 0) is 58.9 Å². The molecule has 0 aliphatic rings. The molecule has 0 aliphatic heterocycles. The van der Waals surface area contributed by atoms with Crippen molar-refractivity contribution in [2.45, 2.75) is 25.7 Å². The Hall–Kier alpha value is -11.0. The van der Waals surface area contributed by atoms with Gasteiger partial charge in [0.15, 0.2) is 5.82 Å². The molecule has 0 unspecified atom stereocenters. The van der Waals surface area contributed by atoms with Gasteiger partial charge in [-0.2, -0.15) is 0 Å². The van der Waals surface area contributed by atoms with Gasteiger partial charge in [0.25, 0.3) is 47.3 Å². The van der Waals surface area contributed by atoms with Gasteiger partial charge in [-0.05, 0) is 81.3 Å². The van der Waals surface area contributed by atoms with Crippen LogP contribution < -0.4 is 58.9 Å². The van der Waals surface area contributed by atoms with E-state index in [9.17, 15) is 47.9 Å². The number of nitrogens with two attached hydrogens (primary N) is 1. The van der Waals surface area contributed by atoms with Crippen molar-refractivity contribution in [2.24, 2.45) is 49.3 Å². The lowest BCUT2D eigenvalue weighted by Gasteiger charge is -2.10. The number of hydrogen-bond donors (Lipinski definition) is 11. The minimum absolute atomic E-state index is 0.00634. The van der Waals surface area contributed by atoms with Gasteiger partial charge in [0.05, 0.1) is 39.8 Å². The van der Waals surface area contributed by atoms with Crippen LogP contribution in [0.15, 0.2) is 91.2 Å². The van der Waals surface area contributed by atoms with Gasteiger partial charge in [-0.15, -0.1) is 11.3 Å². The number of imidazole rings is 1. The minimum atomic E-state index is -0.631. The number of nitrogen functional groups attached to an aromatic ring is 1. The van der Waals surface area contributed by atoms with Gasteiger partial charge in [-0.3, -0.25) is 47.9 Å². The number of rotatable bonds is 26. The van der Waals surface area contributed by atoms with E-state index in [1.165, 1.54) is 83.0 Å². The molecule has 0 fully saturated rings. The van der Waals surface area contributed by atoms with Crippen LogP contribution in [0.2, 0.25) is 0 Å². The number of thiophene rings is 1. The Morgan fingerprint density at radius 1 is 0.427 bits per heavy atom. The van der Waals surface area contributed by atoms with Crippen molar-refractivity contribution in [2.75, 3.05) is 83.2 Å². The third kappa shape index (κ3) is 16.3. The summed E-state index contributed by atoms with van der Waals surface area (Å²) in [4.78, 5) is 137. The molecule has 0 saturated carbocycles. The molecular formula is C58H70N20O10S. The lowest BCUT2D eigenvalue weighted by molar-refractivity contribution is -0.121. The Morgan fingerprint density at radius 2 is 0.798 bits per heavy atom. The lowest BCUT2D eigenvalue weighted by atomic mass is 10.3.